The number of halogens is 5. The molecule has 0 amide bonds. The summed E-state index contributed by atoms with van der Waals surface area (Å²) in [5.74, 6) is -11.6. The topological polar surface area (TPSA) is 43.4 Å². The molecule has 0 spiro atoms. The van der Waals surface area contributed by atoms with Gasteiger partial charge in [0.05, 0.1) is 0 Å². The van der Waals surface area contributed by atoms with Gasteiger partial charge in [-0.05, 0) is 38.5 Å². The monoisotopic (exact) mass is 528 g/mol. The Morgan fingerprint density at radius 3 is 1.12 bits per heavy atom. The molecule has 3 saturated carbocycles. The fourth-order valence-electron chi connectivity index (χ4n) is 6.28. The van der Waals surface area contributed by atoms with E-state index in [-0.39, 0.29) is 15.7 Å². The lowest BCUT2D eigenvalue weighted by atomic mass is 9.99. The van der Waals surface area contributed by atoms with Crippen LogP contribution in [0.15, 0.2) is 4.90 Å². The van der Waals surface area contributed by atoms with E-state index in [0.29, 0.717) is 0 Å². The predicted octanol–water partition coefficient (Wildman–Crippen LogP) is 7.81. The molecule has 0 radical (unpaired) electrons. The maximum atomic E-state index is 14.6. The van der Waals surface area contributed by atoms with Crippen molar-refractivity contribution in [2.45, 2.75) is 117 Å². The zero-order chi connectivity index (χ0) is 24.5. The molecule has 0 aliphatic heterocycles. The van der Waals surface area contributed by atoms with E-state index in [1.54, 1.807) is 0 Å². The van der Waals surface area contributed by atoms with E-state index in [1.807, 2.05) is 0 Å². The molecule has 0 N–H and O–H groups in total. The first-order valence-electron chi connectivity index (χ1n) is 12.5. The van der Waals surface area contributed by atoms with E-state index in [0.717, 1.165) is 96.3 Å². The van der Waals surface area contributed by atoms with E-state index in [9.17, 15) is 30.4 Å². The van der Waals surface area contributed by atoms with Crippen LogP contribution >= 0.6 is 10.3 Å². The van der Waals surface area contributed by atoms with Crippen molar-refractivity contribution in [1.82, 2.24) is 0 Å². The highest BCUT2D eigenvalue weighted by Crippen LogP contribution is 2.70. The molecule has 34 heavy (non-hydrogen) atoms. The molecular formula is C24H33F5O3S2. The van der Waals surface area contributed by atoms with Crippen LogP contribution in [-0.2, 0) is 13.7 Å². The van der Waals surface area contributed by atoms with E-state index in [4.69, 9.17) is 3.63 Å². The Morgan fingerprint density at radius 2 is 0.794 bits per heavy atom. The zero-order valence-corrected chi connectivity index (χ0v) is 20.9. The number of hydrogen-bond acceptors (Lipinski definition) is 3. The van der Waals surface area contributed by atoms with Crippen LogP contribution in [0.1, 0.15) is 96.3 Å². The lowest BCUT2D eigenvalue weighted by Gasteiger charge is -2.57. The molecule has 0 bridgehead atoms. The molecular weight excluding hydrogens is 495 g/mol. The van der Waals surface area contributed by atoms with Crippen LogP contribution in [0.4, 0.5) is 22.0 Å². The molecule has 0 unspecified atom stereocenters. The van der Waals surface area contributed by atoms with Gasteiger partial charge in [-0.1, -0.05) is 57.8 Å². The maximum absolute atomic E-state index is 14.6. The van der Waals surface area contributed by atoms with Crippen LogP contribution in [0.3, 0.4) is 0 Å². The predicted molar refractivity (Wildman–Crippen MR) is 123 cm³/mol. The molecule has 0 atom stereocenters. The molecule has 3 nitrogen and oxygen atoms in total. The second kappa shape index (κ2) is 10.6. The molecule has 1 aromatic rings. The summed E-state index contributed by atoms with van der Waals surface area (Å²) in [5, 5.41) is -0.157. The van der Waals surface area contributed by atoms with Crippen molar-refractivity contribution in [3.63, 3.8) is 0 Å². The second-order valence-electron chi connectivity index (χ2n) is 9.90. The number of rotatable bonds is 6. The molecule has 194 valence electrons. The van der Waals surface area contributed by atoms with Crippen molar-refractivity contribution in [2.24, 2.45) is 0 Å². The summed E-state index contributed by atoms with van der Waals surface area (Å²) in [6.45, 7) is 0. The highest BCUT2D eigenvalue weighted by molar-refractivity contribution is 8.34. The van der Waals surface area contributed by atoms with Crippen LogP contribution in [0.25, 0.3) is 0 Å². The van der Waals surface area contributed by atoms with Gasteiger partial charge in [0.25, 0.3) is 0 Å². The third kappa shape index (κ3) is 4.75. The van der Waals surface area contributed by atoms with E-state index in [2.05, 4.69) is 0 Å². The molecule has 3 fully saturated rings. The van der Waals surface area contributed by atoms with Gasteiger partial charge in [0, 0.05) is 15.7 Å². The maximum Gasteiger partial charge on any atom is 0.312 e. The molecule has 0 saturated heterocycles. The van der Waals surface area contributed by atoms with E-state index >= 15 is 0 Å². The van der Waals surface area contributed by atoms with Crippen molar-refractivity contribution >= 4 is 20.4 Å². The van der Waals surface area contributed by atoms with Gasteiger partial charge in [-0.2, -0.15) is 8.42 Å². The Kier molecular flexibility index (Phi) is 8.19. The van der Waals surface area contributed by atoms with Gasteiger partial charge in [0.15, 0.2) is 28.2 Å². The van der Waals surface area contributed by atoms with E-state index in [1.165, 1.54) is 0 Å². The van der Waals surface area contributed by atoms with Crippen LogP contribution in [0.2, 0.25) is 0 Å². The summed E-state index contributed by atoms with van der Waals surface area (Å²) in [4.78, 5) is -1.84. The first-order valence-corrected chi connectivity index (χ1v) is 15.6. The first-order chi connectivity index (χ1) is 16.2. The summed E-state index contributed by atoms with van der Waals surface area (Å²) in [6, 6.07) is 0. The van der Waals surface area contributed by atoms with Crippen LogP contribution < -0.4 is 0 Å². The largest absolute Gasteiger partial charge is 0.312 e. The van der Waals surface area contributed by atoms with Crippen LogP contribution in [0.5, 0.6) is 0 Å². The highest BCUT2D eigenvalue weighted by Gasteiger charge is 2.51. The van der Waals surface area contributed by atoms with Crippen molar-refractivity contribution in [3.05, 3.63) is 29.1 Å². The zero-order valence-electron chi connectivity index (χ0n) is 19.3. The number of benzene rings is 1. The quantitative estimate of drug-likeness (QED) is 0.215. The van der Waals surface area contributed by atoms with Gasteiger partial charge in [-0.15, -0.1) is 10.3 Å². The third-order valence-electron chi connectivity index (χ3n) is 7.85. The lowest BCUT2D eigenvalue weighted by molar-refractivity contribution is 0.352. The molecule has 0 heterocycles. The summed E-state index contributed by atoms with van der Waals surface area (Å²) in [5.41, 5.74) is 0. The fourth-order valence-corrected chi connectivity index (χ4v) is 14.6. The summed E-state index contributed by atoms with van der Waals surface area (Å²) in [7, 11) is -7.69. The minimum Gasteiger partial charge on any atom is -0.215 e. The SMILES string of the molecule is O=S(=O)(OS(C1CCCCC1)(C1CCCCC1)C1CCCCC1)c1c(F)c(F)c(F)c(F)c1F. The molecule has 3 aliphatic carbocycles. The van der Waals surface area contributed by atoms with Crippen molar-refractivity contribution in [1.29, 1.82) is 0 Å². The van der Waals surface area contributed by atoms with Gasteiger partial charge < -0.3 is 0 Å². The highest BCUT2D eigenvalue weighted by atomic mass is 32.3. The van der Waals surface area contributed by atoms with Gasteiger partial charge >= 0.3 is 10.1 Å². The molecule has 3 aliphatic rings. The molecule has 4 rings (SSSR count). The number of hydrogen-bond donors (Lipinski definition) is 0. The van der Waals surface area contributed by atoms with Crippen LogP contribution in [-0.4, -0.2) is 24.2 Å². The first kappa shape index (κ1) is 26.2. The normalized spacial score (nSPS) is 22.7. The van der Waals surface area contributed by atoms with Crippen LogP contribution in [0, 0.1) is 29.1 Å². The Morgan fingerprint density at radius 1 is 0.500 bits per heavy atom. The Hall–Kier alpha value is -0.870. The third-order valence-corrected chi connectivity index (χ3v) is 14.9. The van der Waals surface area contributed by atoms with Crippen molar-refractivity contribution < 1.29 is 34.0 Å². The average molecular weight is 529 g/mol. The minimum absolute atomic E-state index is 0.0523. The molecule has 1 aromatic carbocycles. The molecule has 10 heteroatoms. The van der Waals surface area contributed by atoms with Gasteiger partial charge in [0.2, 0.25) is 5.82 Å². The Labute approximate surface area is 200 Å². The Bertz CT molecular complexity index is 908. The average Bonchev–Trinajstić information content (AvgIpc) is 2.86. The second-order valence-corrected chi connectivity index (χ2v) is 15.2. The summed E-state index contributed by atoms with van der Waals surface area (Å²) in [6.07, 6.45) is 13.3. The summed E-state index contributed by atoms with van der Waals surface area (Å²) >= 11 is 0. The standard InChI is InChI=1S/C24H33F5O3S2/c25-19-20(26)22(28)24(23(29)21(19)27)34(30,31)32-33(16-10-4-1-5-11-16,17-12-6-2-7-13-17)18-14-8-3-9-15-18/h16-18H,1-15H2. The minimum atomic E-state index is -5.25. The summed E-state index contributed by atoms with van der Waals surface area (Å²) < 4.78 is 104. The molecule has 0 aromatic heterocycles. The van der Waals surface area contributed by atoms with Gasteiger partial charge in [-0.3, -0.25) is 0 Å². The van der Waals surface area contributed by atoms with Gasteiger partial charge in [-0.25, -0.2) is 25.6 Å². The van der Waals surface area contributed by atoms with Gasteiger partial charge in [0.1, 0.15) is 0 Å². The smallest absolute Gasteiger partial charge is 0.215 e. The van der Waals surface area contributed by atoms with Crippen molar-refractivity contribution in [2.75, 3.05) is 0 Å². The van der Waals surface area contributed by atoms with Crippen molar-refractivity contribution in [3.8, 4) is 0 Å². The fraction of sp³-hybridized carbons (Fsp3) is 0.750. The Balaban J connectivity index is 1.86. The van der Waals surface area contributed by atoms with E-state index < -0.39 is 54.4 Å². The lowest BCUT2D eigenvalue weighted by Crippen LogP contribution is -2.42.